The van der Waals surface area contributed by atoms with Crippen LogP contribution in [-0.2, 0) is 26.6 Å². The van der Waals surface area contributed by atoms with E-state index in [1.807, 2.05) is 53.2 Å². The molecule has 3 amide bonds. The zero-order chi connectivity index (χ0) is 32.5. The predicted molar refractivity (Wildman–Crippen MR) is 188 cm³/mol. The molecule has 47 heavy (non-hydrogen) atoms. The number of hydrogen-bond donors (Lipinski definition) is 1. The SMILES string of the molecule is O=C1CNC(=O)N1c1ccc(N2CCN(c3ccc(OCC4COC(Cn5ccnc5)(c5ccc(Cl)cc5Cl)O4)cc3)CC2I)cc1. The molecule has 3 aromatic carbocycles. The Bertz CT molecular complexity index is 1730. The van der Waals surface area contributed by atoms with Crippen molar-refractivity contribution < 1.29 is 23.8 Å². The van der Waals surface area contributed by atoms with Crippen LogP contribution in [-0.4, -0.2) is 71.0 Å². The molecule has 0 saturated carbocycles. The number of aromatic nitrogens is 2. The second kappa shape index (κ2) is 13.5. The van der Waals surface area contributed by atoms with Crippen molar-refractivity contribution in [2.24, 2.45) is 0 Å². The van der Waals surface area contributed by atoms with Gasteiger partial charge in [0.15, 0.2) is 0 Å². The van der Waals surface area contributed by atoms with Gasteiger partial charge in [-0.05, 0) is 60.7 Å². The average molecular weight is 789 g/mol. The van der Waals surface area contributed by atoms with Gasteiger partial charge in [0, 0.05) is 54.0 Å². The number of benzene rings is 3. The normalized spacial score (nSPS) is 23.0. The highest BCUT2D eigenvalue weighted by atomic mass is 127. The molecule has 3 fully saturated rings. The standard InChI is InChI=1S/C33H31Cl2IN6O5/c34-22-1-10-28(29(35)15-22)33(20-39-12-11-37-21-39)46-19-27(47-33)18-45-26-8-6-23(7-9-26)40-13-14-41(30(36)17-40)24-2-4-25(5-3-24)42-31(43)16-38-32(42)44/h1-12,15,21,27,30H,13-14,16-20H2,(H,38,44). The molecule has 11 nitrogen and oxygen atoms in total. The van der Waals surface area contributed by atoms with Gasteiger partial charge >= 0.3 is 6.03 Å². The van der Waals surface area contributed by atoms with E-state index in [0.717, 1.165) is 36.8 Å². The molecule has 1 aromatic heterocycles. The molecule has 14 heteroatoms. The number of amides is 3. The Morgan fingerprint density at radius 2 is 1.77 bits per heavy atom. The van der Waals surface area contributed by atoms with Crippen LogP contribution in [0.2, 0.25) is 10.0 Å². The summed E-state index contributed by atoms with van der Waals surface area (Å²) in [7, 11) is 0. The van der Waals surface area contributed by atoms with E-state index in [-0.39, 0.29) is 28.6 Å². The van der Waals surface area contributed by atoms with E-state index in [1.165, 1.54) is 4.90 Å². The monoisotopic (exact) mass is 788 g/mol. The number of imidazole rings is 1. The minimum Gasteiger partial charge on any atom is -0.491 e. The Balaban J connectivity index is 0.946. The molecule has 7 rings (SSSR count). The van der Waals surface area contributed by atoms with Gasteiger partial charge in [-0.25, -0.2) is 14.7 Å². The molecule has 3 unspecified atom stereocenters. The van der Waals surface area contributed by atoms with Crippen molar-refractivity contribution in [3.63, 3.8) is 0 Å². The number of imide groups is 1. The number of ether oxygens (including phenoxy) is 3. The Morgan fingerprint density at radius 1 is 1.00 bits per heavy atom. The maximum atomic E-state index is 12.0. The first-order valence-electron chi connectivity index (χ1n) is 15.1. The van der Waals surface area contributed by atoms with Crippen LogP contribution in [0, 0.1) is 0 Å². The number of hydrogen-bond acceptors (Lipinski definition) is 8. The molecule has 0 bridgehead atoms. The Morgan fingerprint density at radius 3 is 2.45 bits per heavy atom. The average Bonchev–Trinajstić information content (AvgIpc) is 3.81. The van der Waals surface area contributed by atoms with E-state index >= 15 is 0 Å². The third-order valence-corrected chi connectivity index (χ3v) is 10.0. The van der Waals surface area contributed by atoms with E-state index in [2.05, 4.69) is 54.8 Å². The molecule has 244 valence electrons. The number of halogens is 3. The smallest absolute Gasteiger partial charge is 0.329 e. The molecule has 4 heterocycles. The van der Waals surface area contributed by atoms with Gasteiger partial charge in [-0.2, -0.15) is 0 Å². The van der Waals surface area contributed by atoms with Crippen LogP contribution in [0.15, 0.2) is 85.5 Å². The maximum absolute atomic E-state index is 12.0. The van der Waals surface area contributed by atoms with E-state index in [1.54, 1.807) is 24.7 Å². The lowest BCUT2D eigenvalue weighted by Crippen LogP contribution is -2.50. The minimum absolute atomic E-state index is 0.0321. The zero-order valence-corrected chi connectivity index (χ0v) is 28.8. The molecule has 3 aliphatic rings. The van der Waals surface area contributed by atoms with Crippen molar-refractivity contribution in [3.8, 4) is 5.75 Å². The van der Waals surface area contributed by atoms with Gasteiger partial charge in [-0.15, -0.1) is 0 Å². The highest BCUT2D eigenvalue weighted by Gasteiger charge is 2.45. The first-order valence-corrected chi connectivity index (χ1v) is 17.1. The quantitative estimate of drug-likeness (QED) is 0.100. The summed E-state index contributed by atoms with van der Waals surface area (Å²) in [5, 5.41) is 3.56. The molecule has 4 aromatic rings. The summed E-state index contributed by atoms with van der Waals surface area (Å²) in [5.41, 5.74) is 3.44. The summed E-state index contributed by atoms with van der Waals surface area (Å²) in [4.78, 5) is 34.1. The van der Waals surface area contributed by atoms with Crippen LogP contribution in [0.5, 0.6) is 5.75 Å². The molecular weight excluding hydrogens is 758 g/mol. The van der Waals surface area contributed by atoms with Gasteiger partial charge < -0.3 is 33.9 Å². The summed E-state index contributed by atoms with van der Waals surface area (Å²) in [6, 6.07) is 20.6. The van der Waals surface area contributed by atoms with Gasteiger partial charge in [0.2, 0.25) is 5.79 Å². The number of carbonyl (C=O) groups excluding carboxylic acids is 2. The van der Waals surface area contributed by atoms with E-state index in [0.29, 0.717) is 41.1 Å². The van der Waals surface area contributed by atoms with E-state index < -0.39 is 5.79 Å². The van der Waals surface area contributed by atoms with Crippen LogP contribution in [0.1, 0.15) is 5.56 Å². The summed E-state index contributed by atoms with van der Waals surface area (Å²) < 4.78 is 21.0. The number of nitrogens with one attached hydrogen (secondary N) is 1. The fraction of sp³-hybridized carbons (Fsp3) is 0.303. The van der Waals surface area contributed by atoms with Gasteiger partial charge in [0.05, 0.1) is 40.8 Å². The topological polar surface area (TPSA) is 101 Å². The minimum atomic E-state index is -1.11. The fourth-order valence-corrected chi connectivity index (χ4v) is 7.69. The second-order valence-corrected chi connectivity index (χ2v) is 13.7. The Kier molecular flexibility index (Phi) is 9.20. The molecular formula is C33H31Cl2IN6O5. The van der Waals surface area contributed by atoms with Crippen LogP contribution >= 0.6 is 45.8 Å². The summed E-state index contributed by atoms with van der Waals surface area (Å²) in [6.45, 7) is 3.54. The number of piperazine rings is 1. The lowest BCUT2D eigenvalue weighted by molar-refractivity contribution is -0.189. The van der Waals surface area contributed by atoms with Gasteiger partial charge in [0.25, 0.3) is 5.91 Å². The lowest BCUT2D eigenvalue weighted by atomic mass is 10.1. The third kappa shape index (κ3) is 6.74. The number of rotatable bonds is 9. The second-order valence-electron chi connectivity index (χ2n) is 11.4. The van der Waals surface area contributed by atoms with E-state index in [4.69, 9.17) is 37.4 Å². The summed E-state index contributed by atoms with van der Waals surface area (Å²) in [6.07, 6.45) is 4.95. The molecule has 3 atom stereocenters. The van der Waals surface area contributed by atoms with Gasteiger partial charge in [-0.1, -0.05) is 51.9 Å². The van der Waals surface area contributed by atoms with Crippen molar-refractivity contribution in [3.05, 3.63) is 101 Å². The third-order valence-electron chi connectivity index (χ3n) is 8.39. The van der Waals surface area contributed by atoms with Crippen molar-refractivity contribution >= 4 is 74.8 Å². The first-order chi connectivity index (χ1) is 22.8. The number of urea groups is 1. The van der Waals surface area contributed by atoms with Gasteiger partial charge in [-0.3, -0.25) is 4.79 Å². The number of nitrogens with zero attached hydrogens (tertiary/aromatic N) is 5. The summed E-state index contributed by atoms with van der Waals surface area (Å²) in [5.74, 6) is -0.614. The Labute approximate surface area is 295 Å². The molecule has 0 aliphatic carbocycles. The number of anilines is 3. The molecule has 3 saturated heterocycles. The molecule has 1 N–H and O–H groups in total. The van der Waals surface area contributed by atoms with Crippen molar-refractivity contribution in [2.75, 3.05) is 54.1 Å². The van der Waals surface area contributed by atoms with Crippen molar-refractivity contribution in [1.82, 2.24) is 14.9 Å². The highest BCUT2D eigenvalue weighted by Crippen LogP contribution is 2.41. The molecule has 0 radical (unpaired) electrons. The molecule has 0 spiro atoms. The summed E-state index contributed by atoms with van der Waals surface area (Å²) >= 11 is 15.2. The largest absolute Gasteiger partial charge is 0.491 e. The fourth-order valence-electron chi connectivity index (χ4n) is 6.06. The highest BCUT2D eigenvalue weighted by molar-refractivity contribution is 14.1. The molecule has 3 aliphatic heterocycles. The maximum Gasteiger partial charge on any atom is 0.329 e. The van der Waals surface area contributed by atoms with Crippen LogP contribution in [0.3, 0.4) is 0 Å². The van der Waals surface area contributed by atoms with Crippen LogP contribution < -0.4 is 24.8 Å². The van der Waals surface area contributed by atoms with Crippen molar-refractivity contribution in [1.29, 1.82) is 0 Å². The van der Waals surface area contributed by atoms with Gasteiger partial charge in [0.1, 0.15) is 18.5 Å². The Hall–Kier alpha value is -3.56. The van der Waals surface area contributed by atoms with Crippen LogP contribution in [0.25, 0.3) is 0 Å². The van der Waals surface area contributed by atoms with Crippen LogP contribution in [0.4, 0.5) is 21.9 Å². The van der Waals surface area contributed by atoms with Crippen molar-refractivity contribution in [2.45, 2.75) is 22.5 Å². The number of carbonyl (C=O) groups is 2. The predicted octanol–water partition coefficient (Wildman–Crippen LogP) is 5.68. The lowest BCUT2D eigenvalue weighted by Gasteiger charge is -2.41. The zero-order valence-electron chi connectivity index (χ0n) is 25.1. The van der Waals surface area contributed by atoms with E-state index in [9.17, 15) is 9.59 Å². The first kappa shape index (κ1) is 32.0. The number of alkyl halides is 1.